The van der Waals surface area contributed by atoms with Gasteiger partial charge in [0.05, 0.1) is 11.4 Å². The Morgan fingerprint density at radius 2 is 1.95 bits per heavy atom. The highest BCUT2D eigenvalue weighted by molar-refractivity contribution is 5.94. The van der Waals surface area contributed by atoms with Gasteiger partial charge in [0.2, 0.25) is 5.91 Å². The lowest BCUT2D eigenvalue weighted by molar-refractivity contribution is -0.116. The van der Waals surface area contributed by atoms with Crippen molar-refractivity contribution in [2.24, 2.45) is 5.73 Å². The molecular formula is C12H20Cl2FN3O. The number of hydrogen-bond donors (Lipinski definition) is 3. The third-order valence-electron chi connectivity index (χ3n) is 2.07. The molecule has 0 aliphatic carbocycles. The highest BCUT2D eigenvalue weighted by Gasteiger charge is 2.08. The van der Waals surface area contributed by atoms with Crippen LogP contribution in [0, 0.1) is 5.82 Å². The molecule has 0 heterocycles. The van der Waals surface area contributed by atoms with Crippen LogP contribution in [0.2, 0.25) is 0 Å². The number of nitrogens with two attached hydrogens (primary N) is 1. The second-order valence-corrected chi connectivity index (χ2v) is 4.08. The number of amides is 1. The molecule has 4 nitrogen and oxygen atoms in total. The Hall–Kier alpha value is -1.04. The number of anilines is 2. The Morgan fingerprint density at radius 3 is 2.47 bits per heavy atom. The Bertz CT molecular complexity index is 403. The van der Waals surface area contributed by atoms with Crippen LogP contribution in [0.4, 0.5) is 15.8 Å². The van der Waals surface area contributed by atoms with E-state index in [9.17, 15) is 9.18 Å². The molecule has 19 heavy (non-hydrogen) atoms. The van der Waals surface area contributed by atoms with Gasteiger partial charge >= 0.3 is 0 Å². The first-order chi connectivity index (χ1) is 8.02. The maximum Gasteiger partial charge on any atom is 0.225 e. The maximum atomic E-state index is 13.1. The molecule has 0 atom stereocenters. The molecule has 1 rings (SSSR count). The van der Waals surface area contributed by atoms with Gasteiger partial charge in [-0.15, -0.1) is 24.8 Å². The van der Waals surface area contributed by atoms with Gasteiger partial charge < -0.3 is 16.4 Å². The Morgan fingerprint density at radius 1 is 1.32 bits per heavy atom. The molecule has 0 aromatic heterocycles. The molecule has 1 aromatic carbocycles. The first-order valence-corrected chi connectivity index (χ1v) is 5.59. The quantitative estimate of drug-likeness (QED) is 0.783. The highest BCUT2D eigenvalue weighted by atomic mass is 35.5. The number of halogens is 3. The van der Waals surface area contributed by atoms with Crippen LogP contribution in [-0.2, 0) is 4.79 Å². The summed E-state index contributed by atoms with van der Waals surface area (Å²) in [6, 6.07) is 4.45. The van der Waals surface area contributed by atoms with Gasteiger partial charge in [-0.2, -0.15) is 0 Å². The fourth-order valence-electron chi connectivity index (χ4n) is 1.40. The summed E-state index contributed by atoms with van der Waals surface area (Å²) in [6.07, 6.45) is 0.220. The number of hydrogen-bond acceptors (Lipinski definition) is 3. The normalized spacial score (nSPS) is 9.32. The van der Waals surface area contributed by atoms with Crippen molar-refractivity contribution in [3.05, 3.63) is 24.0 Å². The lowest BCUT2D eigenvalue weighted by atomic mass is 10.2. The second-order valence-electron chi connectivity index (χ2n) is 4.08. The standard InChI is InChI=1S/C12H18FN3O.2ClH/c1-8(2)15-10-4-3-9(13)7-11(10)16-12(17)5-6-14;;/h3-4,7-8,15H,5-6,14H2,1-2H3,(H,16,17);2*1H. The van der Waals surface area contributed by atoms with E-state index >= 15 is 0 Å². The SMILES string of the molecule is CC(C)Nc1ccc(F)cc1NC(=O)CCN.Cl.Cl. The van der Waals surface area contributed by atoms with E-state index in [0.717, 1.165) is 0 Å². The van der Waals surface area contributed by atoms with E-state index in [-0.39, 0.29) is 55.5 Å². The Kier molecular flexibility index (Phi) is 10.5. The average molecular weight is 312 g/mol. The zero-order valence-corrected chi connectivity index (χ0v) is 12.5. The molecule has 0 aliphatic rings. The van der Waals surface area contributed by atoms with Gasteiger partial charge in [-0.25, -0.2) is 4.39 Å². The van der Waals surface area contributed by atoms with Crippen molar-refractivity contribution in [3.63, 3.8) is 0 Å². The lowest BCUT2D eigenvalue weighted by Crippen LogP contribution is -2.18. The van der Waals surface area contributed by atoms with Crippen molar-refractivity contribution in [2.45, 2.75) is 26.3 Å². The van der Waals surface area contributed by atoms with Crippen molar-refractivity contribution in [2.75, 3.05) is 17.2 Å². The first kappa shape index (κ1) is 20.3. The van der Waals surface area contributed by atoms with E-state index in [4.69, 9.17) is 5.73 Å². The molecule has 110 valence electrons. The van der Waals surface area contributed by atoms with Crippen molar-refractivity contribution in [1.82, 2.24) is 0 Å². The van der Waals surface area contributed by atoms with Gasteiger partial charge in [0.15, 0.2) is 0 Å². The number of benzene rings is 1. The topological polar surface area (TPSA) is 67.1 Å². The van der Waals surface area contributed by atoms with Gasteiger partial charge in [-0.05, 0) is 32.0 Å². The van der Waals surface area contributed by atoms with Crippen LogP contribution >= 0.6 is 24.8 Å². The van der Waals surface area contributed by atoms with Crippen molar-refractivity contribution in [3.8, 4) is 0 Å². The average Bonchev–Trinajstić information content (AvgIpc) is 2.22. The molecule has 0 saturated carbocycles. The van der Waals surface area contributed by atoms with Gasteiger partial charge in [-0.1, -0.05) is 0 Å². The van der Waals surface area contributed by atoms with Crippen molar-refractivity contribution < 1.29 is 9.18 Å². The minimum Gasteiger partial charge on any atom is -0.381 e. The maximum absolute atomic E-state index is 13.1. The molecule has 7 heteroatoms. The molecule has 0 fully saturated rings. The van der Waals surface area contributed by atoms with E-state index in [1.54, 1.807) is 6.07 Å². The lowest BCUT2D eigenvalue weighted by Gasteiger charge is -2.15. The van der Waals surface area contributed by atoms with Crippen LogP contribution in [0.25, 0.3) is 0 Å². The molecule has 1 aromatic rings. The van der Waals surface area contributed by atoms with Gasteiger partial charge in [0, 0.05) is 19.0 Å². The fourth-order valence-corrected chi connectivity index (χ4v) is 1.40. The molecule has 0 spiro atoms. The van der Waals surface area contributed by atoms with Gasteiger partial charge in [0.25, 0.3) is 0 Å². The molecule has 0 bridgehead atoms. The van der Waals surface area contributed by atoms with Crippen molar-refractivity contribution in [1.29, 1.82) is 0 Å². The van der Waals surface area contributed by atoms with E-state index in [2.05, 4.69) is 10.6 Å². The summed E-state index contributed by atoms with van der Waals surface area (Å²) in [5.74, 6) is -0.604. The smallest absolute Gasteiger partial charge is 0.225 e. The number of carbonyl (C=O) groups is 1. The first-order valence-electron chi connectivity index (χ1n) is 5.59. The second kappa shape index (κ2) is 9.83. The number of carbonyl (C=O) groups excluding carboxylic acids is 1. The predicted octanol–water partition coefficient (Wildman–Crippen LogP) is 2.78. The van der Waals surface area contributed by atoms with Gasteiger partial charge in [0.1, 0.15) is 5.82 Å². The fraction of sp³-hybridized carbons (Fsp3) is 0.417. The number of nitrogens with one attached hydrogen (secondary N) is 2. The minimum absolute atomic E-state index is 0. The summed E-state index contributed by atoms with van der Waals surface area (Å²) < 4.78 is 13.1. The molecule has 0 saturated heterocycles. The molecule has 0 radical (unpaired) electrons. The summed E-state index contributed by atoms with van der Waals surface area (Å²) in [5.41, 5.74) is 6.42. The van der Waals surface area contributed by atoms with Crippen LogP contribution in [0.1, 0.15) is 20.3 Å². The third kappa shape index (κ3) is 7.20. The van der Waals surface area contributed by atoms with E-state index in [1.165, 1.54) is 12.1 Å². The summed E-state index contributed by atoms with van der Waals surface area (Å²) >= 11 is 0. The van der Waals surface area contributed by atoms with Gasteiger partial charge in [-0.3, -0.25) is 4.79 Å². The van der Waals surface area contributed by atoms with E-state index in [1.807, 2.05) is 13.8 Å². The summed E-state index contributed by atoms with van der Waals surface area (Å²) in [4.78, 5) is 11.4. The van der Waals surface area contributed by atoms with E-state index in [0.29, 0.717) is 11.4 Å². The Balaban J connectivity index is 0. The monoisotopic (exact) mass is 311 g/mol. The summed E-state index contributed by atoms with van der Waals surface area (Å²) in [6.45, 7) is 4.21. The van der Waals surface area contributed by atoms with E-state index < -0.39 is 0 Å². The predicted molar refractivity (Wildman–Crippen MR) is 82.0 cm³/mol. The van der Waals surface area contributed by atoms with Crippen LogP contribution in [0.5, 0.6) is 0 Å². The Labute approximate surface area is 125 Å². The summed E-state index contributed by atoms with van der Waals surface area (Å²) in [5, 5.41) is 5.77. The zero-order valence-electron chi connectivity index (χ0n) is 10.9. The van der Waals surface area contributed by atoms with Crippen LogP contribution in [-0.4, -0.2) is 18.5 Å². The third-order valence-corrected chi connectivity index (χ3v) is 2.07. The highest BCUT2D eigenvalue weighted by Crippen LogP contribution is 2.23. The summed E-state index contributed by atoms with van der Waals surface area (Å²) in [7, 11) is 0. The molecule has 4 N–H and O–H groups in total. The van der Waals surface area contributed by atoms with Crippen LogP contribution < -0.4 is 16.4 Å². The molecular weight excluding hydrogens is 292 g/mol. The number of rotatable bonds is 5. The minimum atomic E-state index is -0.387. The largest absolute Gasteiger partial charge is 0.381 e. The van der Waals surface area contributed by atoms with Crippen LogP contribution in [0.15, 0.2) is 18.2 Å². The molecule has 0 unspecified atom stereocenters. The molecule has 1 amide bonds. The van der Waals surface area contributed by atoms with Crippen LogP contribution in [0.3, 0.4) is 0 Å². The zero-order chi connectivity index (χ0) is 12.8. The van der Waals surface area contributed by atoms with Crippen molar-refractivity contribution >= 4 is 42.1 Å². The molecule has 0 aliphatic heterocycles.